The number of ether oxygens (including phenoxy) is 3. The van der Waals surface area contributed by atoms with Crippen LogP contribution in [0.4, 0.5) is 4.79 Å². The zero-order valence-corrected chi connectivity index (χ0v) is 22.7. The number of benzene rings is 2. The highest BCUT2D eigenvalue weighted by Crippen LogP contribution is 2.37. The van der Waals surface area contributed by atoms with Crippen molar-refractivity contribution in [3.63, 3.8) is 0 Å². The van der Waals surface area contributed by atoms with Crippen molar-refractivity contribution in [3.8, 4) is 11.5 Å². The van der Waals surface area contributed by atoms with E-state index < -0.39 is 23.7 Å². The summed E-state index contributed by atoms with van der Waals surface area (Å²) in [6.07, 6.45) is 3.87. The van der Waals surface area contributed by atoms with Crippen molar-refractivity contribution >= 4 is 46.6 Å². The van der Waals surface area contributed by atoms with Crippen molar-refractivity contribution in [2.45, 2.75) is 33.8 Å². The lowest BCUT2D eigenvalue weighted by Crippen LogP contribution is -2.34. The van der Waals surface area contributed by atoms with Crippen LogP contribution in [0.2, 0.25) is 5.02 Å². The molecule has 0 aromatic heterocycles. The molecule has 3 rings (SSSR count). The molecule has 2 aromatic rings. The minimum Gasteiger partial charge on any atom is -0.490 e. The van der Waals surface area contributed by atoms with Crippen LogP contribution in [0.15, 0.2) is 54.0 Å². The van der Waals surface area contributed by atoms with Gasteiger partial charge in [-0.15, -0.1) is 6.58 Å². The van der Waals surface area contributed by atoms with E-state index in [-0.39, 0.29) is 17.4 Å². The molecule has 0 bridgehead atoms. The summed E-state index contributed by atoms with van der Waals surface area (Å²) in [5.74, 6) is 0.0868. The first-order chi connectivity index (χ1) is 17.7. The molecule has 1 saturated heterocycles. The van der Waals surface area contributed by atoms with Crippen LogP contribution in [-0.4, -0.2) is 41.8 Å². The third kappa shape index (κ3) is 7.87. The lowest BCUT2D eigenvalue weighted by atomic mass is 10.0. The van der Waals surface area contributed by atoms with Crippen LogP contribution in [0.5, 0.6) is 11.5 Å². The van der Waals surface area contributed by atoms with Crippen LogP contribution in [0.3, 0.4) is 0 Å². The molecule has 0 spiro atoms. The SMILES string of the molecule is C=CCc1cc(/C=C2\SC(=O)N(CC(=O)OCC(C)C)C2=O)cc(OCC)c1OCc1ccc(Cl)cc1. The monoisotopic (exact) mass is 543 g/mol. The van der Waals surface area contributed by atoms with Gasteiger partial charge in [0.15, 0.2) is 11.5 Å². The maximum atomic E-state index is 12.9. The Morgan fingerprint density at radius 1 is 1.16 bits per heavy atom. The Kier molecular flexibility index (Phi) is 10.2. The van der Waals surface area contributed by atoms with Gasteiger partial charge in [0.25, 0.3) is 11.1 Å². The number of amides is 2. The molecule has 1 fully saturated rings. The van der Waals surface area contributed by atoms with Gasteiger partial charge in [-0.05, 0) is 72.5 Å². The number of carbonyl (C=O) groups is 3. The minimum absolute atomic E-state index is 0.154. The molecule has 0 saturated carbocycles. The zero-order valence-electron chi connectivity index (χ0n) is 21.1. The van der Waals surface area contributed by atoms with Crippen LogP contribution in [0, 0.1) is 5.92 Å². The molecule has 2 amide bonds. The van der Waals surface area contributed by atoms with E-state index in [2.05, 4.69) is 6.58 Å². The number of carbonyl (C=O) groups excluding carboxylic acids is 3. The number of allylic oxidation sites excluding steroid dienone is 1. The highest BCUT2D eigenvalue weighted by atomic mass is 35.5. The van der Waals surface area contributed by atoms with Gasteiger partial charge in [-0.25, -0.2) is 0 Å². The van der Waals surface area contributed by atoms with Crippen LogP contribution in [0.1, 0.15) is 37.5 Å². The molecule has 1 aliphatic heterocycles. The number of esters is 1. The summed E-state index contributed by atoms with van der Waals surface area (Å²) in [7, 11) is 0. The number of thioether (sulfide) groups is 1. The number of nitrogens with zero attached hydrogens (tertiary/aromatic N) is 1. The first-order valence-electron chi connectivity index (χ1n) is 11.9. The summed E-state index contributed by atoms with van der Waals surface area (Å²) < 4.78 is 17.1. The van der Waals surface area contributed by atoms with Gasteiger partial charge in [-0.3, -0.25) is 19.3 Å². The fourth-order valence-electron chi connectivity index (χ4n) is 3.46. The molecule has 1 heterocycles. The molecule has 0 unspecified atom stereocenters. The van der Waals surface area contributed by atoms with Crippen molar-refractivity contribution in [3.05, 3.63) is 75.7 Å². The zero-order chi connectivity index (χ0) is 26.9. The molecule has 7 nitrogen and oxygen atoms in total. The summed E-state index contributed by atoms with van der Waals surface area (Å²) in [6.45, 7) is 10.0. The summed E-state index contributed by atoms with van der Waals surface area (Å²) in [6, 6.07) is 11.0. The Labute approximate surface area is 226 Å². The molecular weight excluding hydrogens is 514 g/mol. The second-order valence-corrected chi connectivity index (χ2v) is 10.1. The van der Waals surface area contributed by atoms with Gasteiger partial charge in [0.05, 0.1) is 18.1 Å². The third-order valence-corrected chi connectivity index (χ3v) is 6.31. The second kappa shape index (κ2) is 13.4. The van der Waals surface area contributed by atoms with Gasteiger partial charge in [-0.2, -0.15) is 0 Å². The first kappa shape index (κ1) is 28.3. The Balaban J connectivity index is 1.85. The average Bonchev–Trinajstić information content (AvgIpc) is 3.11. The van der Waals surface area contributed by atoms with E-state index in [4.69, 9.17) is 25.8 Å². The van der Waals surface area contributed by atoms with Gasteiger partial charge >= 0.3 is 5.97 Å². The van der Waals surface area contributed by atoms with Gasteiger partial charge in [-0.1, -0.05) is 43.7 Å². The van der Waals surface area contributed by atoms with Gasteiger partial charge in [0.1, 0.15) is 13.2 Å². The number of imide groups is 1. The van der Waals surface area contributed by atoms with Crippen LogP contribution in [0.25, 0.3) is 6.08 Å². The number of hydrogen-bond acceptors (Lipinski definition) is 7. The standard InChI is InChI=1S/C28H30ClNO6S/c1-5-7-21-12-20(13-23(34-6-2)26(21)36-17-19-8-10-22(29)11-9-19)14-24-27(32)30(28(33)37-24)15-25(31)35-16-18(3)4/h5,8-14,18H,1,6-7,15-17H2,2-4H3/b24-14-. The topological polar surface area (TPSA) is 82.1 Å². The molecule has 37 heavy (non-hydrogen) atoms. The van der Waals surface area contributed by atoms with E-state index in [1.807, 2.05) is 39.0 Å². The second-order valence-electron chi connectivity index (χ2n) is 8.69. The Morgan fingerprint density at radius 3 is 2.54 bits per heavy atom. The highest BCUT2D eigenvalue weighted by Gasteiger charge is 2.36. The predicted molar refractivity (Wildman–Crippen MR) is 146 cm³/mol. The quantitative estimate of drug-likeness (QED) is 0.177. The van der Waals surface area contributed by atoms with E-state index in [1.165, 1.54) is 0 Å². The summed E-state index contributed by atoms with van der Waals surface area (Å²) in [5, 5.41) is 0.129. The Hall–Kier alpha value is -3.23. The van der Waals surface area contributed by atoms with Crippen molar-refractivity contribution < 1.29 is 28.6 Å². The summed E-state index contributed by atoms with van der Waals surface area (Å²) in [4.78, 5) is 38.5. The number of halogens is 1. The summed E-state index contributed by atoms with van der Waals surface area (Å²) >= 11 is 6.76. The van der Waals surface area contributed by atoms with E-state index in [9.17, 15) is 14.4 Å². The highest BCUT2D eigenvalue weighted by molar-refractivity contribution is 8.18. The van der Waals surface area contributed by atoms with Crippen LogP contribution in [-0.2, 0) is 27.4 Å². The fourth-order valence-corrected chi connectivity index (χ4v) is 4.42. The minimum atomic E-state index is -0.619. The molecular formula is C28H30ClNO6S. The number of rotatable bonds is 12. The first-order valence-corrected chi connectivity index (χ1v) is 13.1. The molecule has 1 aliphatic rings. The molecule has 0 N–H and O–H groups in total. The largest absolute Gasteiger partial charge is 0.490 e. The normalized spacial score (nSPS) is 14.4. The Morgan fingerprint density at radius 2 is 1.89 bits per heavy atom. The van der Waals surface area contributed by atoms with Gasteiger partial charge in [0.2, 0.25) is 0 Å². The summed E-state index contributed by atoms with van der Waals surface area (Å²) in [5.41, 5.74) is 2.42. The van der Waals surface area contributed by atoms with Crippen molar-refractivity contribution in [1.82, 2.24) is 4.90 Å². The van der Waals surface area contributed by atoms with Crippen molar-refractivity contribution in [2.75, 3.05) is 19.8 Å². The van der Waals surface area contributed by atoms with Gasteiger partial charge in [0, 0.05) is 10.6 Å². The van der Waals surface area contributed by atoms with Gasteiger partial charge < -0.3 is 14.2 Å². The van der Waals surface area contributed by atoms with Crippen molar-refractivity contribution in [1.29, 1.82) is 0 Å². The molecule has 0 radical (unpaired) electrons. The lowest BCUT2D eigenvalue weighted by molar-refractivity contribution is -0.147. The van der Waals surface area contributed by atoms with Crippen LogP contribution < -0.4 is 9.47 Å². The van der Waals surface area contributed by atoms with Crippen molar-refractivity contribution in [2.24, 2.45) is 5.92 Å². The van der Waals surface area contributed by atoms with E-state index in [1.54, 1.807) is 30.4 Å². The maximum Gasteiger partial charge on any atom is 0.326 e. The molecule has 2 aromatic carbocycles. The van der Waals surface area contributed by atoms with Crippen LogP contribution >= 0.6 is 23.4 Å². The average molecular weight is 544 g/mol. The molecule has 0 atom stereocenters. The fraction of sp³-hybridized carbons (Fsp3) is 0.321. The van der Waals surface area contributed by atoms with E-state index in [0.717, 1.165) is 27.8 Å². The Bertz CT molecular complexity index is 1190. The van der Waals surface area contributed by atoms with E-state index in [0.29, 0.717) is 41.7 Å². The smallest absolute Gasteiger partial charge is 0.326 e. The third-order valence-electron chi connectivity index (χ3n) is 5.15. The molecule has 9 heteroatoms. The lowest BCUT2D eigenvalue weighted by Gasteiger charge is -2.17. The van der Waals surface area contributed by atoms with E-state index >= 15 is 0 Å². The maximum absolute atomic E-state index is 12.9. The number of hydrogen-bond donors (Lipinski definition) is 0. The predicted octanol–water partition coefficient (Wildman–Crippen LogP) is 6.28. The molecule has 0 aliphatic carbocycles. The molecule has 196 valence electrons.